The number of halogens is 3. The van der Waals surface area contributed by atoms with Crippen LogP contribution in [0.15, 0.2) is 17.0 Å². The van der Waals surface area contributed by atoms with Crippen LogP contribution in [-0.2, 0) is 9.05 Å². The number of hydrogen-bond donors (Lipinski definition) is 0. The Labute approximate surface area is 132 Å². The van der Waals surface area contributed by atoms with Crippen molar-refractivity contribution in [3.8, 4) is 0 Å². The van der Waals surface area contributed by atoms with Gasteiger partial charge in [-0.05, 0) is 31.4 Å². The van der Waals surface area contributed by atoms with E-state index < -0.39 is 9.05 Å². The Morgan fingerprint density at radius 3 is 2.35 bits per heavy atom. The van der Waals surface area contributed by atoms with E-state index >= 15 is 0 Å². The van der Waals surface area contributed by atoms with Crippen molar-refractivity contribution in [2.45, 2.75) is 30.2 Å². The second kappa shape index (κ2) is 5.72. The fourth-order valence-corrected chi connectivity index (χ4v) is 3.88. The van der Waals surface area contributed by atoms with Gasteiger partial charge in [0.1, 0.15) is 4.90 Å². The van der Waals surface area contributed by atoms with Crippen molar-refractivity contribution in [2.24, 2.45) is 0 Å². The summed E-state index contributed by atoms with van der Waals surface area (Å²) in [4.78, 5) is 13.6. The van der Waals surface area contributed by atoms with E-state index in [1.165, 1.54) is 6.07 Å². The van der Waals surface area contributed by atoms with Crippen molar-refractivity contribution >= 4 is 48.8 Å². The van der Waals surface area contributed by atoms with E-state index in [0.29, 0.717) is 0 Å². The molecule has 1 saturated carbocycles. The fraction of sp³-hybridized carbons (Fsp3) is 0.417. The average Bonchev–Trinajstić information content (AvgIpc) is 2.27. The molecule has 1 fully saturated rings. The maximum Gasteiger partial charge on any atom is 0.262 e. The molecule has 8 heteroatoms. The second-order valence-electron chi connectivity index (χ2n) is 4.70. The lowest BCUT2D eigenvalue weighted by molar-refractivity contribution is 0.0652. The molecule has 0 heterocycles. The Bertz CT molecular complexity index is 656. The van der Waals surface area contributed by atoms with Gasteiger partial charge in [-0.3, -0.25) is 4.79 Å². The molecular formula is C12H12Cl3NO3S. The molecule has 1 aromatic carbocycles. The van der Waals surface area contributed by atoms with Crippen LogP contribution in [0.4, 0.5) is 0 Å². The van der Waals surface area contributed by atoms with E-state index in [2.05, 4.69) is 0 Å². The first-order valence-electron chi connectivity index (χ1n) is 5.92. The number of carbonyl (C=O) groups excluding carboxylic acids is 1. The van der Waals surface area contributed by atoms with Crippen LogP contribution in [0.25, 0.3) is 0 Å². The third-order valence-electron chi connectivity index (χ3n) is 3.44. The van der Waals surface area contributed by atoms with Crippen LogP contribution in [0.3, 0.4) is 0 Å². The van der Waals surface area contributed by atoms with Crippen LogP contribution in [0.1, 0.15) is 29.6 Å². The van der Waals surface area contributed by atoms with Gasteiger partial charge in [0.25, 0.3) is 15.0 Å². The molecule has 20 heavy (non-hydrogen) atoms. The summed E-state index contributed by atoms with van der Waals surface area (Å²) in [5.41, 5.74) is 0.0489. The predicted molar refractivity (Wildman–Crippen MR) is 79.2 cm³/mol. The van der Waals surface area contributed by atoms with E-state index in [9.17, 15) is 13.2 Å². The predicted octanol–water partition coefficient (Wildman–Crippen LogP) is 3.55. The standard InChI is InChI=1S/C12H12Cl3NO3S/c1-16(8-3-2-4-8)12(17)9-5-7(13)6-10(11(9)14)20(15,18)19/h5-6,8H,2-4H2,1H3. The molecule has 1 aromatic rings. The molecule has 0 bridgehead atoms. The molecule has 0 radical (unpaired) electrons. The summed E-state index contributed by atoms with van der Waals surface area (Å²) in [5.74, 6) is -0.358. The number of carbonyl (C=O) groups is 1. The molecular weight excluding hydrogens is 345 g/mol. The lowest BCUT2D eigenvalue weighted by Gasteiger charge is -2.35. The van der Waals surface area contributed by atoms with Crippen molar-refractivity contribution in [1.29, 1.82) is 0 Å². The maximum atomic E-state index is 12.4. The molecule has 4 nitrogen and oxygen atoms in total. The van der Waals surface area contributed by atoms with Gasteiger partial charge in [-0.25, -0.2) is 8.42 Å². The van der Waals surface area contributed by atoms with E-state index in [1.807, 2.05) is 0 Å². The number of hydrogen-bond acceptors (Lipinski definition) is 3. The molecule has 0 atom stereocenters. The van der Waals surface area contributed by atoms with Crippen molar-refractivity contribution in [2.75, 3.05) is 7.05 Å². The van der Waals surface area contributed by atoms with Gasteiger partial charge in [-0.1, -0.05) is 23.2 Å². The van der Waals surface area contributed by atoms with Crippen LogP contribution < -0.4 is 0 Å². The van der Waals surface area contributed by atoms with Gasteiger partial charge < -0.3 is 4.90 Å². The SMILES string of the molecule is CN(C(=O)c1cc(Cl)cc(S(=O)(=O)Cl)c1Cl)C1CCC1. The molecule has 1 amide bonds. The molecule has 0 aromatic heterocycles. The highest BCUT2D eigenvalue weighted by Gasteiger charge is 2.29. The summed E-state index contributed by atoms with van der Waals surface area (Å²) < 4.78 is 22.9. The topological polar surface area (TPSA) is 54.5 Å². The van der Waals surface area contributed by atoms with Crippen LogP contribution in [0.5, 0.6) is 0 Å². The van der Waals surface area contributed by atoms with Crippen LogP contribution >= 0.6 is 33.9 Å². The molecule has 2 rings (SSSR count). The number of benzene rings is 1. The smallest absolute Gasteiger partial charge is 0.262 e. The van der Waals surface area contributed by atoms with Gasteiger partial charge in [0.15, 0.2) is 0 Å². The quantitative estimate of drug-likeness (QED) is 0.778. The van der Waals surface area contributed by atoms with E-state index in [-0.39, 0.29) is 32.5 Å². The second-order valence-corrected chi connectivity index (χ2v) is 8.05. The molecule has 1 aliphatic rings. The van der Waals surface area contributed by atoms with Gasteiger partial charge in [0, 0.05) is 28.8 Å². The van der Waals surface area contributed by atoms with Gasteiger partial charge in [-0.15, -0.1) is 0 Å². The minimum absolute atomic E-state index is 0.0489. The zero-order valence-corrected chi connectivity index (χ0v) is 13.7. The normalized spacial score (nSPS) is 15.8. The Morgan fingerprint density at radius 1 is 1.30 bits per heavy atom. The highest BCUT2D eigenvalue weighted by Crippen LogP contribution is 2.33. The Morgan fingerprint density at radius 2 is 1.90 bits per heavy atom. The molecule has 1 aliphatic carbocycles. The number of nitrogens with zero attached hydrogens (tertiary/aromatic N) is 1. The van der Waals surface area contributed by atoms with E-state index in [0.717, 1.165) is 25.3 Å². The van der Waals surface area contributed by atoms with Crippen molar-refractivity contribution < 1.29 is 13.2 Å². The van der Waals surface area contributed by atoms with Crippen molar-refractivity contribution in [3.63, 3.8) is 0 Å². The van der Waals surface area contributed by atoms with Crippen molar-refractivity contribution in [3.05, 3.63) is 27.7 Å². The van der Waals surface area contributed by atoms with Gasteiger partial charge >= 0.3 is 0 Å². The fourth-order valence-electron chi connectivity index (χ4n) is 2.03. The summed E-state index contributed by atoms with van der Waals surface area (Å²) in [5, 5.41) is -0.0976. The summed E-state index contributed by atoms with van der Waals surface area (Å²) in [6, 6.07) is 2.65. The summed E-state index contributed by atoms with van der Waals surface area (Å²) in [7, 11) is 2.90. The van der Waals surface area contributed by atoms with Gasteiger partial charge in [-0.2, -0.15) is 0 Å². The van der Waals surface area contributed by atoms with Crippen LogP contribution in [0.2, 0.25) is 10.0 Å². The van der Waals surface area contributed by atoms with Gasteiger partial charge in [0.05, 0.1) is 10.6 Å². The molecule has 110 valence electrons. The minimum atomic E-state index is -4.06. The summed E-state index contributed by atoms with van der Waals surface area (Å²) >= 11 is 11.9. The lowest BCUT2D eigenvalue weighted by Crippen LogP contribution is -2.41. The molecule has 0 spiro atoms. The molecule has 0 saturated heterocycles. The first-order chi connectivity index (χ1) is 9.21. The third kappa shape index (κ3) is 3.06. The largest absolute Gasteiger partial charge is 0.339 e. The van der Waals surface area contributed by atoms with Gasteiger partial charge in [0.2, 0.25) is 0 Å². The first-order valence-corrected chi connectivity index (χ1v) is 8.99. The summed E-state index contributed by atoms with van der Waals surface area (Å²) in [6.45, 7) is 0. The average molecular weight is 357 g/mol. The molecule has 0 aliphatic heterocycles. The van der Waals surface area contributed by atoms with E-state index in [1.54, 1.807) is 11.9 Å². The van der Waals surface area contributed by atoms with E-state index in [4.69, 9.17) is 33.9 Å². The lowest BCUT2D eigenvalue weighted by atomic mass is 9.91. The first kappa shape index (κ1) is 15.9. The van der Waals surface area contributed by atoms with Crippen LogP contribution in [0, 0.1) is 0 Å². The molecule has 0 unspecified atom stereocenters. The Hall–Kier alpha value is -0.490. The highest BCUT2D eigenvalue weighted by molar-refractivity contribution is 8.13. The monoisotopic (exact) mass is 355 g/mol. The zero-order valence-electron chi connectivity index (χ0n) is 10.6. The Balaban J connectivity index is 2.46. The maximum absolute atomic E-state index is 12.4. The highest BCUT2D eigenvalue weighted by atomic mass is 35.7. The zero-order chi connectivity index (χ0) is 15.1. The number of rotatable bonds is 3. The number of amides is 1. The summed E-state index contributed by atoms with van der Waals surface area (Å²) in [6.07, 6.45) is 2.94. The minimum Gasteiger partial charge on any atom is -0.339 e. The van der Waals surface area contributed by atoms with Crippen molar-refractivity contribution in [1.82, 2.24) is 4.90 Å². The Kier molecular flexibility index (Phi) is 4.54. The molecule has 0 N–H and O–H groups in total. The third-order valence-corrected chi connectivity index (χ3v) is 5.52. The van der Waals surface area contributed by atoms with Crippen LogP contribution in [-0.4, -0.2) is 32.3 Å².